The third kappa shape index (κ3) is 3.55. The molecule has 4 nitrogen and oxygen atoms in total. The minimum atomic E-state index is -0.339. The van der Waals surface area contributed by atoms with Crippen LogP contribution in [0.3, 0.4) is 0 Å². The second-order valence-corrected chi connectivity index (χ2v) is 5.15. The Bertz CT molecular complexity index is 402. The fourth-order valence-corrected chi connectivity index (χ4v) is 2.67. The second kappa shape index (κ2) is 6.68. The number of halogens is 1. The van der Waals surface area contributed by atoms with Crippen LogP contribution in [0.2, 0.25) is 0 Å². The fraction of sp³-hybridized carbons (Fsp3) is 0.714. The predicted molar refractivity (Wildman–Crippen MR) is 76.0 cm³/mol. The molecule has 0 atom stereocenters. The molecule has 1 aliphatic rings. The van der Waals surface area contributed by atoms with Gasteiger partial charge in [-0.05, 0) is 19.8 Å². The largest absolute Gasteiger partial charge is 0.354 e. The first kappa shape index (κ1) is 14.0. The number of nitrogens with zero attached hydrogens (tertiary/aromatic N) is 3. The second-order valence-electron chi connectivity index (χ2n) is 5.15. The highest BCUT2D eigenvalue weighted by molar-refractivity contribution is 5.44. The summed E-state index contributed by atoms with van der Waals surface area (Å²) in [7, 11) is 1.94. The van der Waals surface area contributed by atoms with Gasteiger partial charge in [0.2, 0.25) is 5.95 Å². The summed E-state index contributed by atoms with van der Waals surface area (Å²) >= 11 is 0. The molecule has 0 spiro atoms. The van der Waals surface area contributed by atoms with Crippen molar-refractivity contribution in [3.8, 4) is 0 Å². The van der Waals surface area contributed by atoms with Crippen LogP contribution in [-0.4, -0.2) is 29.6 Å². The van der Waals surface area contributed by atoms with Crippen molar-refractivity contribution in [1.82, 2.24) is 9.97 Å². The van der Waals surface area contributed by atoms with E-state index >= 15 is 0 Å². The average Bonchev–Trinajstić information content (AvgIpc) is 2.69. The van der Waals surface area contributed by atoms with Crippen LogP contribution in [0.1, 0.15) is 45.4 Å². The molecule has 0 saturated heterocycles. The van der Waals surface area contributed by atoms with Gasteiger partial charge >= 0.3 is 0 Å². The van der Waals surface area contributed by atoms with Crippen LogP contribution >= 0.6 is 0 Å². The van der Waals surface area contributed by atoms with Gasteiger partial charge in [0.05, 0.1) is 6.20 Å². The Morgan fingerprint density at radius 1 is 1.32 bits per heavy atom. The molecule has 1 aliphatic carbocycles. The van der Waals surface area contributed by atoms with E-state index in [0.717, 1.165) is 19.4 Å². The van der Waals surface area contributed by atoms with E-state index in [2.05, 4.69) is 15.3 Å². The Balaban J connectivity index is 2.16. The highest BCUT2D eigenvalue weighted by atomic mass is 19.1. The molecule has 1 aromatic rings. The molecule has 1 N–H and O–H groups in total. The maximum Gasteiger partial charge on any atom is 0.224 e. The van der Waals surface area contributed by atoms with Crippen molar-refractivity contribution in [3.63, 3.8) is 0 Å². The summed E-state index contributed by atoms with van der Waals surface area (Å²) in [5.41, 5.74) is 0. The molecule has 1 heterocycles. The Kier molecular flexibility index (Phi) is 4.93. The van der Waals surface area contributed by atoms with Gasteiger partial charge in [0.1, 0.15) is 0 Å². The number of hydrogen-bond acceptors (Lipinski definition) is 4. The van der Waals surface area contributed by atoms with Gasteiger partial charge in [-0.25, -0.2) is 9.37 Å². The molecule has 1 aromatic heterocycles. The van der Waals surface area contributed by atoms with E-state index in [4.69, 9.17) is 0 Å². The van der Waals surface area contributed by atoms with Crippen molar-refractivity contribution in [2.24, 2.45) is 0 Å². The van der Waals surface area contributed by atoms with Gasteiger partial charge in [-0.2, -0.15) is 4.98 Å². The van der Waals surface area contributed by atoms with Crippen molar-refractivity contribution in [3.05, 3.63) is 12.0 Å². The van der Waals surface area contributed by atoms with Crippen molar-refractivity contribution < 1.29 is 4.39 Å². The maximum atomic E-state index is 13.9. The lowest BCUT2D eigenvalue weighted by Gasteiger charge is -2.28. The van der Waals surface area contributed by atoms with Gasteiger partial charge in [-0.1, -0.05) is 25.7 Å². The first-order chi connectivity index (χ1) is 9.22. The molecule has 19 heavy (non-hydrogen) atoms. The number of rotatable bonds is 4. The zero-order valence-electron chi connectivity index (χ0n) is 11.8. The minimum Gasteiger partial charge on any atom is -0.354 e. The molecular weight excluding hydrogens is 243 g/mol. The lowest BCUT2D eigenvalue weighted by molar-refractivity contribution is 0.530. The Labute approximate surface area is 114 Å². The summed E-state index contributed by atoms with van der Waals surface area (Å²) in [4.78, 5) is 10.2. The molecule has 1 fully saturated rings. The standard InChI is InChI=1S/C14H23FN4/c1-3-16-14-17-10-12(15)13(18-14)19(2)11-8-6-4-5-7-9-11/h10-11H,3-9H2,1-2H3,(H,16,17,18). The van der Waals surface area contributed by atoms with Crippen LogP contribution in [0.15, 0.2) is 6.20 Å². The van der Waals surface area contributed by atoms with Crippen LogP contribution in [-0.2, 0) is 0 Å². The zero-order valence-corrected chi connectivity index (χ0v) is 11.8. The average molecular weight is 266 g/mol. The molecule has 106 valence electrons. The van der Waals surface area contributed by atoms with Gasteiger partial charge in [-0.15, -0.1) is 0 Å². The van der Waals surface area contributed by atoms with Crippen LogP contribution in [0.4, 0.5) is 16.2 Å². The smallest absolute Gasteiger partial charge is 0.224 e. The van der Waals surface area contributed by atoms with Crippen LogP contribution in [0.25, 0.3) is 0 Å². The van der Waals surface area contributed by atoms with Crippen LogP contribution < -0.4 is 10.2 Å². The van der Waals surface area contributed by atoms with Crippen LogP contribution in [0.5, 0.6) is 0 Å². The summed E-state index contributed by atoms with van der Waals surface area (Å²) in [6, 6.07) is 0.390. The normalized spacial score (nSPS) is 17.0. The number of hydrogen-bond donors (Lipinski definition) is 1. The lowest BCUT2D eigenvalue weighted by Crippen LogP contribution is -2.32. The van der Waals surface area contributed by atoms with Crippen molar-refractivity contribution >= 4 is 11.8 Å². The number of nitrogens with one attached hydrogen (secondary N) is 1. The summed E-state index contributed by atoms with van der Waals surface area (Å²) in [5, 5.41) is 3.03. The first-order valence-electron chi connectivity index (χ1n) is 7.21. The Morgan fingerprint density at radius 3 is 2.63 bits per heavy atom. The highest BCUT2D eigenvalue weighted by Gasteiger charge is 2.21. The van der Waals surface area contributed by atoms with E-state index in [1.807, 2.05) is 18.9 Å². The SMILES string of the molecule is CCNc1ncc(F)c(N(C)C2CCCCCC2)n1. The number of anilines is 2. The molecule has 0 aliphatic heterocycles. The maximum absolute atomic E-state index is 13.9. The van der Waals surface area contributed by atoms with E-state index < -0.39 is 0 Å². The van der Waals surface area contributed by atoms with Crippen LogP contribution in [0, 0.1) is 5.82 Å². The monoisotopic (exact) mass is 266 g/mol. The van der Waals surface area contributed by atoms with Crippen molar-refractivity contribution in [1.29, 1.82) is 0 Å². The van der Waals surface area contributed by atoms with Gasteiger partial charge in [0, 0.05) is 19.6 Å². The van der Waals surface area contributed by atoms with E-state index in [9.17, 15) is 4.39 Å². The summed E-state index contributed by atoms with van der Waals surface area (Å²) < 4.78 is 13.9. The molecule has 5 heteroatoms. The molecule has 1 saturated carbocycles. The van der Waals surface area contributed by atoms with E-state index in [1.54, 1.807) is 0 Å². The molecule has 0 unspecified atom stereocenters. The quantitative estimate of drug-likeness (QED) is 0.850. The number of aromatic nitrogens is 2. The molecule has 0 radical (unpaired) electrons. The van der Waals surface area contributed by atoms with Gasteiger partial charge in [-0.3, -0.25) is 0 Å². The molecule has 0 aromatic carbocycles. The Morgan fingerprint density at radius 2 is 2.00 bits per heavy atom. The summed E-state index contributed by atoms with van der Waals surface area (Å²) in [5.74, 6) is 0.575. The van der Waals surface area contributed by atoms with Gasteiger partial charge in [0.15, 0.2) is 11.6 Å². The fourth-order valence-electron chi connectivity index (χ4n) is 2.67. The summed E-state index contributed by atoms with van der Waals surface area (Å²) in [6.45, 7) is 2.71. The van der Waals surface area contributed by atoms with Crippen molar-refractivity contribution in [2.45, 2.75) is 51.5 Å². The Hall–Kier alpha value is -1.39. The highest BCUT2D eigenvalue weighted by Crippen LogP contribution is 2.26. The minimum absolute atomic E-state index is 0.339. The topological polar surface area (TPSA) is 41.1 Å². The lowest BCUT2D eigenvalue weighted by atomic mass is 10.1. The van der Waals surface area contributed by atoms with E-state index in [-0.39, 0.29) is 5.82 Å². The third-order valence-corrected chi connectivity index (χ3v) is 3.77. The molecule has 0 amide bonds. The third-order valence-electron chi connectivity index (χ3n) is 3.77. The van der Waals surface area contributed by atoms with E-state index in [1.165, 1.54) is 31.9 Å². The molecule has 0 bridgehead atoms. The van der Waals surface area contributed by atoms with E-state index in [0.29, 0.717) is 17.8 Å². The predicted octanol–water partition coefficient (Wildman–Crippen LogP) is 3.21. The molecular formula is C14H23FN4. The van der Waals surface area contributed by atoms with Gasteiger partial charge in [0.25, 0.3) is 0 Å². The van der Waals surface area contributed by atoms with Crippen molar-refractivity contribution in [2.75, 3.05) is 23.8 Å². The summed E-state index contributed by atoms with van der Waals surface area (Å²) in [6.07, 6.45) is 8.53. The first-order valence-corrected chi connectivity index (χ1v) is 7.21. The van der Waals surface area contributed by atoms with Gasteiger partial charge < -0.3 is 10.2 Å². The molecule has 2 rings (SSSR count). The zero-order chi connectivity index (χ0) is 13.7.